The summed E-state index contributed by atoms with van der Waals surface area (Å²) in [4.78, 5) is 50.0. The third-order valence-corrected chi connectivity index (χ3v) is 5.53. The largest absolute Gasteiger partial charge is 0.378 e. The van der Waals surface area contributed by atoms with Crippen molar-refractivity contribution in [1.29, 1.82) is 0 Å². The molecule has 3 heterocycles. The number of rotatable bonds is 5. The topological polar surface area (TPSA) is 117 Å². The van der Waals surface area contributed by atoms with E-state index in [0.29, 0.717) is 12.1 Å². The number of benzene rings is 1. The molecule has 0 aliphatic carbocycles. The van der Waals surface area contributed by atoms with E-state index < -0.39 is 23.8 Å². The number of amides is 4. The normalized spacial score (nSPS) is 27.3. The van der Waals surface area contributed by atoms with Crippen LogP contribution in [0.25, 0.3) is 0 Å². The molecule has 9 heteroatoms. The number of methoxy groups -OCH3 is 1. The van der Waals surface area contributed by atoms with Gasteiger partial charge in [-0.2, -0.15) is 0 Å². The first-order valence-corrected chi connectivity index (χ1v) is 9.31. The van der Waals surface area contributed by atoms with Crippen LogP contribution in [0.1, 0.15) is 39.1 Å². The average Bonchev–Trinajstić information content (AvgIpc) is 3.23. The van der Waals surface area contributed by atoms with Crippen LogP contribution in [-0.4, -0.2) is 66.9 Å². The molecule has 3 N–H and O–H groups in total. The van der Waals surface area contributed by atoms with Crippen LogP contribution in [0.2, 0.25) is 0 Å². The highest BCUT2D eigenvalue weighted by atomic mass is 16.5. The lowest BCUT2D eigenvalue weighted by Gasteiger charge is -2.27. The van der Waals surface area contributed by atoms with Gasteiger partial charge in [0.15, 0.2) is 0 Å². The second kappa shape index (κ2) is 7.42. The number of fused-ring (bicyclic) bond motifs is 1. The molecule has 4 rings (SSSR count). The summed E-state index contributed by atoms with van der Waals surface area (Å²) in [6, 6.07) is 4.33. The molecular formula is C19H22N4O5. The Balaban J connectivity index is 1.49. The Morgan fingerprint density at radius 2 is 1.93 bits per heavy atom. The first-order valence-electron chi connectivity index (χ1n) is 9.31. The van der Waals surface area contributed by atoms with Crippen molar-refractivity contribution < 1.29 is 23.9 Å². The fourth-order valence-electron chi connectivity index (χ4n) is 3.98. The van der Waals surface area contributed by atoms with Crippen molar-refractivity contribution in [3.8, 4) is 0 Å². The standard InChI is InChI=1S/C19H22N4O5/c1-28-15-9-20-8-13(15)21-7-10-2-3-11-12(6-10)19(27)23(18(11)26)14-4-5-16(24)22-17(14)25/h2-3,6,13-15,20-21H,4-5,7-9H2,1H3,(H,22,24,25)/t13-,14?,15+/m0/s1. The van der Waals surface area contributed by atoms with Gasteiger partial charge in [0.05, 0.1) is 17.2 Å². The molecule has 1 aromatic rings. The third kappa shape index (κ3) is 3.21. The lowest BCUT2D eigenvalue weighted by Crippen LogP contribution is -2.54. The van der Waals surface area contributed by atoms with E-state index >= 15 is 0 Å². The molecular weight excluding hydrogens is 364 g/mol. The number of carbonyl (C=O) groups is 4. The summed E-state index contributed by atoms with van der Waals surface area (Å²) in [6.07, 6.45) is 0.341. The first-order chi connectivity index (χ1) is 13.5. The maximum absolute atomic E-state index is 12.8. The Bertz CT molecular complexity index is 855. The Morgan fingerprint density at radius 1 is 1.14 bits per heavy atom. The minimum absolute atomic E-state index is 0.0839. The summed E-state index contributed by atoms with van der Waals surface area (Å²) in [7, 11) is 1.68. The van der Waals surface area contributed by atoms with Gasteiger partial charge in [-0.25, -0.2) is 0 Å². The predicted molar refractivity (Wildman–Crippen MR) is 97.4 cm³/mol. The van der Waals surface area contributed by atoms with Crippen molar-refractivity contribution in [2.75, 3.05) is 20.2 Å². The Kier molecular flexibility index (Phi) is 4.96. The monoisotopic (exact) mass is 386 g/mol. The van der Waals surface area contributed by atoms with Crippen LogP contribution in [0.3, 0.4) is 0 Å². The highest BCUT2D eigenvalue weighted by Gasteiger charge is 2.44. The number of carbonyl (C=O) groups excluding carboxylic acids is 4. The summed E-state index contributed by atoms with van der Waals surface area (Å²) in [5.74, 6) is -1.98. The van der Waals surface area contributed by atoms with E-state index in [1.807, 2.05) is 0 Å². The number of nitrogens with zero attached hydrogens (tertiary/aromatic N) is 1. The van der Waals surface area contributed by atoms with Crippen LogP contribution in [0, 0.1) is 0 Å². The Morgan fingerprint density at radius 3 is 2.68 bits per heavy atom. The highest BCUT2D eigenvalue weighted by molar-refractivity contribution is 6.23. The first kappa shape index (κ1) is 18.7. The second-order valence-corrected chi connectivity index (χ2v) is 7.25. The number of nitrogens with one attached hydrogen (secondary N) is 3. The van der Waals surface area contributed by atoms with Crippen LogP contribution in [0.5, 0.6) is 0 Å². The molecule has 2 saturated heterocycles. The number of hydrogen-bond donors (Lipinski definition) is 3. The smallest absolute Gasteiger partial charge is 0.262 e. The summed E-state index contributed by atoms with van der Waals surface area (Å²) in [5, 5.41) is 8.86. The van der Waals surface area contributed by atoms with E-state index in [-0.39, 0.29) is 36.5 Å². The zero-order valence-electron chi connectivity index (χ0n) is 15.5. The molecule has 28 heavy (non-hydrogen) atoms. The van der Waals surface area contributed by atoms with Crippen LogP contribution in [-0.2, 0) is 20.9 Å². The highest BCUT2D eigenvalue weighted by Crippen LogP contribution is 2.28. The molecule has 3 atom stereocenters. The van der Waals surface area contributed by atoms with Gasteiger partial charge < -0.3 is 15.4 Å². The van der Waals surface area contributed by atoms with E-state index in [1.54, 1.807) is 25.3 Å². The molecule has 9 nitrogen and oxygen atoms in total. The Hall–Kier alpha value is -2.62. The molecule has 4 amide bonds. The van der Waals surface area contributed by atoms with E-state index in [9.17, 15) is 19.2 Å². The predicted octanol–water partition coefficient (Wildman–Crippen LogP) is -0.836. The Labute approximate surface area is 161 Å². The van der Waals surface area contributed by atoms with Crippen molar-refractivity contribution in [2.45, 2.75) is 37.6 Å². The van der Waals surface area contributed by atoms with Gasteiger partial charge in [0.25, 0.3) is 11.8 Å². The van der Waals surface area contributed by atoms with Gasteiger partial charge in [0.2, 0.25) is 11.8 Å². The number of piperidine rings is 1. The van der Waals surface area contributed by atoms with Crippen molar-refractivity contribution in [1.82, 2.24) is 20.9 Å². The lowest BCUT2D eigenvalue weighted by atomic mass is 10.0. The molecule has 0 saturated carbocycles. The van der Waals surface area contributed by atoms with Crippen LogP contribution in [0.4, 0.5) is 0 Å². The van der Waals surface area contributed by atoms with Crippen LogP contribution >= 0.6 is 0 Å². The lowest BCUT2D eigenvalue weighted by molar-refractivity contribution is -0.136. The van der Waals surface area contributed by atoms with Gasteiger partial charge >= 0.3 is 0 Å². The van der Waals surface area contributed by atoms with E-state index in [0.717, 1.165) is 23.6 Å². The van der Waals surface area contributed by atoms with Gasteiger partial charge in [0, 0.05) is 39.2 Å². The van der Waals surface area contributed by atoms with Gasteiger partial charge in [-0.3, -0.25) is 29.4 Å². The average molecular weight is 386 g/mol. The van der Waals surface area contributed by atoms with Gasteiger partial charge in [0.1, 0.15) is 6.04 Å². The number of hydrogen-bond acceptors (Lipinski definition) is 7. The minimum atomic E-state index is -0.946. The molecule has 0 spiro atoms. The molecule has 1 aromatic carbocycles. The summed E-state index contributed by atoms with van der Waals surface area (Å²) >= 11 is 0. The van der Waals surface area contributed by atoms with Crippen LogP contribution in [0.15, 0.2) is 18.2 Å². The fourth-order valence-corrected chi connectivity index (χ4v) is 3.98. The van der Waals surface area contributed by atoms with E-state index in [1.165, 1.54) is 0 Å². The zero-order chi connectivity index (χ0) is 19.8. The molecule has 0 radical (unpaired) electrons. The SMILES string of the molecule is CO[C@@H]1CNC[C@@H]1NCc1ccc2c(c1)C(=O)N(C1CCC(=O)NC1=O)C2=O. The zero-order valence-corrected chi connectivity index (χ0v) is 15.5. The van der Waals surface area contributed by atoms with Crippen molar-refractivity contribution in [2.24, 2.45) is 0 Å². The molecule has 3 aliphatic heterocycles. The molecule has 3 aliphatic rings. The van der Waals surface area contributed by atoms with Crippen LogP contribution < -0.4 is 16.0 Å². The summed E-state index contributed by atoms with van der Waals surface area (Å²) < 4.78 is 5.42. The molecule has 0 bridgehead atoms. The molecule has 0 aromatic heterocycles. The van der Waals surface area contributed by atoms with Crippen molar-refractivity contribution >= 4 is 23.6 Å². The second-order valence-electron chi connectivity index (χ2n) is 7.25. The van der Waals surface area contributed by atoms with E-state index in [4.69, 9.17) is 4.74 Å². The van der Waals surface area contributed by atoms with Crippen molar-refractivity contribution in [3.63, 3.8) is 0 Å². The fraction of sp³-hybridized carbons (Fsp3) is 0.474. The molecule has 148 valence electrons. The maximum Gasteiger partial charge on any atom is 0.262 e. The molecule has 1 unspecified atom stereocenters. The minimum Gasteiger partial charge on any atom is -0.378 e. The maximum atomic E-state index is 12.8. The quantitative estimate of drug-likeness (QED) is 0.565. The van der Waals surface area contributed by atoms with E-state index in [2.05, 4.69) is 16.0 Å². The number of imide groups is 2. The molecule has 2 fully saturated rings. The van der Waals surface area contributed by atoms with Gasteiger partial charge in [-0.1, -0.05) is 6.07 Å². The van der Waals surface area contributed by atoms with Gasteiger partial charge in [-0.15, -0.1) is 0 Å². The van der Waals surface area contributed by atoms with Gasteiger partial charge in [-0.05, 0) is 24.1 Å². The summed E-state index contributed by atoms with van der Waals surface area (Å²) in [6.45, 7) is 2.11. The number of ether oxygens (including phenoxy) is 1. The van der Waals surface area contributed by atoms with Crippen molar-refractivity contribution in [3.05, 3.63) is 34.9 Å². The third-order valence-electron chi connectivity index (χ3n) is 5.53. The summed E-state index contributed by atoms with van der Waals surface area (Å²) in [5.41, 5.74) is 1.45.